The zero-order valence-electron chi connectivity index (χ0n) is 23.9. The maximum atomic E-state index is 14.3. The molecule has 8 atom stereocenters. The number of hydrogen-bond donors (Lipinski definition) is 2. The minimum absolute atomic E-state index is 0.000922. The molecule has 0 aliphatic heterocycles. The van der Waals surface area contributed by atoms with Gasteiger partial charge in [-0.25, -0.2) is 5.48 Å². The molecule has 0 spiro atoms. The molecule has 0 saturated heterocycles. The van der Waals surface area contributed by atoms with Crippen LogP contribution in [0.5, 0.6) is 0 Å². The van der Waals surface area contributed by atoms with Crippen molar-refractivity contribution in [3.05, 3.63) is 11.6 Å². The molecule has 200 valence electrons. The summed E-state index contributed by atoms with van der Waals surface area (Å²) in [6, 6.07) is 0. The van der Waals surface area contributed by atoms with E-state index < -0.39 is 5.41 Å². The molecule has 2 N–H and O–H groups in total. The highest BCUT2D eigenvalue weighted by molar-refractivity contribution is 5.96. The number of nitrogens with one attached hydrogen (secondary N) is 2. The van der Waals surface area contributed by atoms with Crippen molar-refractivity contribution in [3.8, 4) is 0 Å². The Kier molecular flexibility index (Phi) is 5.64. The summed E-state index contributed by atoms with van der Waals surface area (Å²) >= 11 is 0. The number of rotatable bonds is 2. The van der Waals surface area contributed by atoms with Crippen LogP contribution >= 0.6 is 0 Å². The van der Waals surface area contributed by atoms with E-state index in [0.717, 1.165) is 63.5 Å². The SMILES string of the molecule is CONC(=O)[C@@]1(C)CC[C@]2(C)CC[C@]3(C)C(=CC(=O)[C@@H]4[C@@]5(C)CCC(=N)C(C)(C)C5CC[C@]43C)[C@@H]2C1. The first-order chi connectivity index (χ1) is 16.6. The van der Waals surface area contributed by atoms with E-state index in [4.69, 9.17) is 10.2 Å². The Morgan fingerprint density at radius 2 is 1.67 bits per heavy atom. The molecule has 0 bridgehead atoms. The lowest BCUT2D eigenvalue weighted by Gasteiger charge is -2.70. The maximum Gasteiger partial charge on any atom is 0.249 e. The minimum Gasteiger partial charge on any atom is -0.309 e. The second-order valence-electron chi connectivity index (χ2n) is 15.1. The Morgan fingerprint density at radius 1 is 1.00 bits per heavy atom. The van der Waals surface area contributed by atoms with E-state index in [1.807, 2.05) is 0 Å². The third kappa shape index (κ3) is 3.13. The largest absolute Gasteiger partial charge is 0.309 e. The van der Waals surface area contributed by atoms with Gasteiger partial charge in [-0.2, -0.15) is 0 Å². The van der Waals surface area contributed by atoms with Crippen molar-refractivity contribution < 1.29 is 14.4 Å². The predicted molar refractivity (Wildman–Crippen MR) is 142 cm³/mol. The van der Waals surface area contributed by atoms with Crippen LogP contribution in [0.2, 0.25) is 0 Å². The van der Waals surface area contributed by atoms with Crippen LogP contribution in [0, 0.1) is 55.7 Å². The van der Waals surface area contributed by atoms with Gasteiger partial charge in [0.05, 0.1) is 7.11 Å². The molecule has 0 aromatic heterocycles. The highest BCUT2D eigenvalue weighted by Crippen LogP contribution is 2.74. The lowest BCUT2D eigenvalue weighted by molar-refractivity contribution is -0.175. The Morgan fingerprint density at radius 3 is 2.33 bits per heavy atom. The fourth-order valence-corrected chi connectivity index (χ4v) is 10.4. The van der Waals surface area contributed by atoms with Gasteiger partial charge in [-0.15, -0.1) is 0 Å². The number of fused-ring (bicyclic) bond motifs is 7. The van der Waals surface area contributed by atoms with E-state index >= 15 is 0 Å². The highest BCUT2D eigenvalue weighted by Gasteiger charge is 2.70. The van der Waals surface area contributed by atoms with Crippen molar-refractivity contribution >= 4 is 17.4 Å². The van der Waals surface area contributed by atoms with Crippen molar-refractivity contribution in [1.29, 1.82) is 5.41 Å². The Balaban J connectivity index is 1.59. The normalized spacial score (nSPS) is 49.7. The number of carbonyl (C=O) groups is 2. The topological polar surface area (TPSA) is 79.2 Å². The smallest absolute Gasteiger partial charge is 0.249 e. The van der Waals surface area contributed by atoms with Crippen LogP contribution in [0.1, 0.15) is 106 Å². The van der Waals surface area contributed by atoms with Crippen molar-refractivity contribution in [2.45, 2.75) is 106 Å². The summed E-state index contributed by atoms with van der Waals surface area (Å²) in [6.45, 7) is 16.2. The summed E-state index contributed by atoms with van der Waals surface area (Å²) in [6.07, 6.45) is 10.9. The molecule has 1 amide bonds. The molecule has 5 heteroatoms. The fraction of sp³-hybridized carbons (Fsp3) is 0.839. The van der Waals surface area contributed by atoms with Crippen molar-refractivity contribution in [2.75, 3.05) is 7.11 Å². The van der Waals surface area contributed by atoms with Gasteiger partial charge in [0.15, 0.2) is 5.78 Å². The Hall–Kier alpha value is -1.49. The molecule has 5 nitrogen and oxygen atoms in total. The van der Waals surface area contributed by atoms with Gasteiger partial charge in [0.2, 0.25) is 5.91 Å². The molecule has 4 saturated carbocycles. The van der Waals surface area contributed by atoms with Crippen LogP contribution < -0.4 is 5.48 Å². The first kappa shape index (κ1) is 26.1. The number of ketones is 1. The average molecular weight is 497 g/mol. The molecule has 5 aliphatic rings. The first-order valence-corrected chi connectivity index (χ1v) is 14.3. The maximum absolute atomic E-state index is 14.3. The number of hydrogen-bond acceptors (Lipinski definition) is 4. The Labute approximate surface area is 218 Å². The predicted octanol–water partition coefficient (Wildman–Crippen LogP) is 6.66. The number of allylic oxidation sites excluding steroid dienone is 2. The van der Waals surface area contributed by atoms with Crippen LogP contribution in [-0.4, -0.2) is 24.5 Å². The molecule has 1 unspecified atom stereocenters. The van der Waals surface area contributed by atoms with Gasteiger partial charge >= 0.3 is 0 Å². The summed E-state index contributed by atoms with van der Waals surface area (Å²) in [5.41, 5.74) is 4.08. The van der Waals surface area contributed by atoms with E-state index in [1.54, 1.807) is 0 Å². The molecule has 5 rings (SSSR count). The summed E-state index contributed by atoms with van der Waals surface area (Å²) in [5, 5.41) is 8.70. The molecule has 5 aliphatic carbocycles. The molecule has 0 aromatic rings. The number of amides is 1. The van der Waals surface area contributed by atoms with Crippen LogP contribution in [0.15, 0.2) is 11.6 Å². The molecular weight excluding hydrogens is 448 g/mol. The number of hydroxylamine groups is 1. The first-order valence-electron chi connectivity index (χ1n) is 14.3. The molecule has 0 aromatic carbocycles. The Bertz CT molecular complexity index is 1050. The lowest BCUT2D eigenvalue weighted by Crippen LogP contribution is -2.66. The van der Waals surface area contributed by atoms with Crippen LogP contribution in [0.4, 0.5) is 0 Å². The van der Waals surface area contributed by atoms with Gasteiger partial charge in [0.1, 0.15) is 0 Å². The standard InChI is InChI=1S/C31H48N2O3/c1-26(2)22-9-12-31(7)24(29(22,5)11-10-23(26)32)21(34)17-19-20-18-28(4,25(35)33-36-8)14-13-27(20,3)15-16-30(19,31)6/h17,20,22,24,32H,9-16,18H2,1-8H3,(H,33,35)/t20-,22?,24+,27+,28-,29-,30+,31+/m0/s1. The van der Waals surface area contributed by atoms with E-state index in [0.29, 0.717) is 11.7 Å². The van der Waals surface area contributed by atoms with Crippen molar-refractivity contribution in [3.63, 3.8) is 0 Å². The number of carbonyl (C=O) groups excluding carboxylic acids is 2. The second-order valence-corrected chi connectivity index (χ2v) is 15.1. The quantitative estimate of drug-likeness (QED) is 0.419. The summed E-state index contributed by atoms with van der Waals surface area (Å²) < 4.78 is 0. The van der Waals surface area contributed by atoms with Gasteiger partial charge in [0, 0.05) is 22.5 Å². The summed E-state index contributed by atoms with van der Waals surface area (Å²) in [5.74, 6) is 0.892. The van der Waals surface area contributed by atoms with E-state index in [-0.39, 0.29) is 44.8 Å². The molecule has 0 heterocycles. The minimum atomic E-state index is -0.489. The van der Waals surface area contributed by atoms with Gasteiger partial charge < -0.3 is 5.41 Å². The lowest BCUT2D eigenvalue weighted by atomic mass is 9.33. The van der Waals surface area contributed by atoms with Gasteiger partial charge in [0.25, 0.3) is 0 Å². The van der Waals surface area contributed by atoms with Crippen molar-refractivity contribution in [1.82, 2.24) is 5.48 Å². The molecule has 0 radical (unpaired) electrons. The van der Waals surface area contributed by atoms with Gasteiger partial charge in [-0.3, -0.25) is 14.4 Å². The van der Waals surface area contributed by atoms with Gasteiger partial charge in [-0.1, -0.05) is 54.0 Å². The zero-order chi connectivity index (χ0) is 26.5. The van der Waals surface area contributed by atoms with Crippen molar-refractivity contribution in [2.24, 2.45) is 50.2 Å². The van der Waals surface area contributed by atoms with Crippen LogP contribution in [0.3, 0.4) is 0 Å². The molecule has 4 fully saturated rings. The van der Waals surface area contributed by atoms with Crippen LogP contribution in [0.25, 0.3) is 0 Å². The second kappa shape index (κ2) is 7.77. The summed E-state index contributed by atoms with van der Waals surface area (Å²) in [7, 11) is 1.50. The molecular formula is C31H48N2O3. The fourth-order valence-electron chi connectivity index (χ4n) is 10.4. The molecule has 36 heavy (non-hydrogen) atoms. The van der Waals surface area contributed by atoms with E-state index in [9.17, 15) is 9.59 Å². The van der Waals surface area contributed by atoms with Gasteiger partial charge in [-0.05, 0) is 97.4 Å². The monoisotopic (exact) mass is 496 g/mol. The highest BCUT2D eigenvalue weighted by atomic mass is 16.6. The third-order valence-corrected chi connectivity index (χ3v) is 13.1. The van der Waals surface area contributed by atoms with Crippen LogP contribution in [-0.2, 0) is 14.4 Å². The third-order valence-electron chi connectivity index (χ3n) is 13.1. The zero-order valence-corrected chi connectivity index (χ0v) is 23.9. The summed E-state index contributed by atoms with van der Waals surface area (Å²) in [4.78, 5) is 32.4. The van der Waals surface area contributed by atoms with E-state index in [1.165, 1.54) is 12.7 Å². The van der Waals surface area contributed by atoms with E-state index in [2.05, 4.69) is 60.0 Å². The average Bonchev–Trinajstić information content (AvgIpc) is 2.79.